The number of thiophene rings is 1. The maximum absolute atomic E-state index is 12.3. The lowest BCUT2D eigenvalue weighted by atomic mass is 10.1. The highest BCUT2D eigenvalue weighted by Crippen LogP contribution is 2.22. The van der Waals surface area contributed by atoms with Gasteiger partial charge in [0.25, 0.3) is 0 Å². The van der Waals surface area contributed by atoms with Crippen LogP contribution in [0, 0.1) is 0 Å². The number of rotatable bonds is 6. The molecule has 1 aromatic carbocycles. The summed E-state index contributed by atoms with van der Waals surface area (Å²) < 4.78 is 32.3. The van der Waals surface area contributed by atoms with Crippen LogP contribution in [0.15, 0.2) is 64.4 Å². The summed E-state index contributed by atoms with van der Waals surface area (Å²) in [6.45, 7) is 0.180. The molecule has 0 aliphatic carbocycles. The van der Waals surface area contributed by atoms with Crippen molar-refractivity contribution in [2.45, 2.75) is 11.4 Å². The van der Waals surface area contributed by atoms with Crippen molar-refractivity contribution in [3.05, 3.63) is 65.1 Å². The van der Waals surface area contributed by atoms with Gasteiger partial charge in [0, 0.05) is 24.5 Å². The molecule has 0 atom stereocenters. The molecule has 124 valence electrons. The Hall–Kier alpha value is -2.22. The first-order valence-electron chi connectivity index (χ1n) is 7.19. The molecular weight excluding hydrogens is 344 g/mol. The molecule has 0 unspecified atom stereocenters. The molecule has 7 heteroatoms. The summed E-state index contributed by atoms with van der Waals surface area (Å²) in [5.41, 5.74) is 2.85. The molecule has 3 aromatic rings. The Morgan fingerprint density at radius 3 is 2.58 bits per heavy atom. The van der Waals surface area contributed by atoms with Gasteiger partial charge in [0.1, 0.15) is 5.75 Å². The van der Waals surface area contributed by atoms with Gasteiger partial charge < -0.3 is 4.74 Å². The Bertz CT molecular complexity index is 905. The fourth-order valence-electron chi connectivity index (χ4n) is 2.19. The van der Waals surface area contributed by atoms with E-state index in [2.05, 4.69) is 9.71 Å². The lowest BCUT2D eigenvalue weighted by Gasteiger charge is -2.08. The van der Waals surface area contributed by atoms with Crippen LogP contribution in [0.3, 0.4) is 0 Å². The molecule has 0 aliphatic heterocycles. The van der Waals surface area contributed by atoms with E-state index in [-0.39, 0.29) is 11.4 Å². The van der Waals surface area contributed by atoms with Gasteiger partial charge in [-0.3, -0.25) is 4.98 Å². The number of hydrogen-bond donors (Lipinski definition) is 1. The smallest absolute Gasteiger partial charge is 0.240 e. The third kappa shape index (κ3) is 3.81. The van der Waals surface area contributed by atoms with Gasteiger partial charge in [-0.2, -0.15) is 11.3 Å². The van der Waals surface area contributed by atoms with Crippen LogP contribution in [0.5, 0.6) is 5.75 Å². The highest BCUT2D eigenvalue weighted by atomic mass is 32.2. The zero-order chi connectivity index (χ0) is 17.0. The molecule has 0 fully saturated rings. The molecule has 24 heavy (non-hydrogen) atoms. The van der Waals surface area contributed by atoms with Crippen LogP contribution in [-0.4, -0.2) is 20.5 Å². The first-order valence-corrected chi connectivity index (χ1v) is 9.61. The summed E-state index contributed by atoms with van der Waals surface area (Å²) in [4.78, 5) is 4.39. The van der Waals surface area contributed by atoms with E-state index >= 15 is 0 Å². The van der Waals surface area contributed by atoms with E-state index in [1.807, 2.05) is 22.9 Å². The van der Waals surface area contributed by atoms with E-state index in [1.54, 1.807) is 35.9 Å². The van der Waals surface area contributed by atoms with Gasteiger partial charge in [0.05, 0.1) is 12.0 Å². The van der Waals surface area contributed by atoms with Gasteiger partial charge in [0.15, 0.2) is 0 Å². The number of methoxy groups -OCH3 is 1. The van der Waals surface area contributed by atoms with Crippen LogP contribution in [0.2, 0.25) is 0 Å². The lowest BCUT2D eigenvalue weighted by Crippen LogP contribution is -2.23. The van der Waals surface area contributed by atoms with Crippen LogP contribution in [-0.2, 0) is 16.6 Å². The number of benzene rings is 1. The van der Waals surface area contributed by atoms with E-state index in [4.69, 9.17) is 4.74 Å². The Kier molecular flexibility index (Phi) is 4.94. The predicted octanol–water partition coefficient (Wildman–Crippen LogP) is 3.30. The molecule has 5 nitrogen and oxygen atoms in total. The van der Waals surface area contributed by atoms with Gasteiger partial charge >= 0.3 is 0 Å². The van der Waals surface area contributed by atoms with Gasteiger partial charge in [-0.1, -0.05) is 0 Å². The van der Waals surface area contributed by atoms with E-state index in [9.17, 15) is 8.42 Å². The third-order valence-corrected chi connectivity index (χ3v) is 5.59. The molecule has 0 saturated heterocycles. The monoisotopic (exact) mass is 360 g/mol. The number of nitrogens with zero attached hydrogens (tertiary/aromatic N) is 1. The molecule has 0 bridgehead atoms. The van der Waals surface area contributed by atoms with Crippen LogP contribution in [0.25, 0.3) is 11.1 Å². The van der Waals surface area contributed by atoms with Crippen molar-refractivity contribution in [3.8, 4) is 16.9 Å². The molecule has 0 amide bonds. The standard InChI is InChI=1S/C17H16N2O3S2/c1-22-16-2-4-17(5-3-16)24(20,21)19-10-13-8-15(11-18-9-13)14-6-7-23-12-14/h2-9,11-12,19H,10H2,1H3. The zero-order valence-corrected chi connectivity index (χ0v) is 14.6. The quantitative estimate of drug-likeness (QED) is 0.732. The van der Waals surface area contributed by atoms with E-state index in [0.29, 0.717) is 5.75 Å². The molecule has 2 aromatic heterocycles. The second kappa shape index (κ2) is 7.12. The highest BCUT2D eigenvalue weighted by Gasteiger charge is 2.14. The van der Waals surface area contributed by atoms with Crippen molar-refractivity contribution >= 4 is 21.4 Å². The maximum Gasteiger partial charge on any atom is 0.240 e. The molecule has 0 aliphatic rings. The summed E-state index contributed by atoms with van der Waals surface area (Å²) in [6.07, 6.45) is 3.43. The Labute approximate surface area is 145 Å². The van der Waals surface area contributed by atoms with E-state index < -0.39 is 10.0 Å². The molecule has 3 rings (SSSR count). The molecule has 0 saturated carbocycles. The Morgan fingerprint density at radius 1 is 1.12 bits per heavy atom. The van der Waals surface area contributed by atoms with Gasteiger partial charge in [0.2, 0.25) is 10.0 Å². The van der Waals surface area contributed by atoms with E-state index in [0.717, 1.165) is 16.7 Å². The van der Waals surface area contributed by atoms with E-state index in [1.165, 1.54) is 19.2 Å². The summed E-state index contributed by atoms with van der Waals surface area (Å²) >= 11 is 1.61. The molecule has 0 radical (unpaired) electrons. The minimum atomic E-state index is -3.58. The summed E-state index contributed by atoms with van der Waals surface area (Å²) in [6, 6.07) is 10.2. The first kappa shape index (κ1) is 16.6. The van der Waals surface area contributed by atoms with Crippen molar-refractivity contribution in [3.63, 3.8) is 0 Å². The number of nitrogens with one attached hydrogen (secondary N) is 1. The van der Waals surface area contributed by atoms with Gasteiger partial charge in [-0.15, -0.1) is 0 Å². The number of sulfonamides is 1. The van der Waals surface area contributed by atoms with Crippen molar-refractivity contribution in [2.75, 3.05) is 7.11 Å². The van der Waals surface area contributed by atoms with Gasteiger partial charge in [-0.25, -0.2) is 13.1 Å². The second-order valence-corrected chi connectivity index (χ2v) is 7.64. The van der Waals surface area contributed by atoms with Crippen LogP contribution in [0.4, 0.5) is 0 Å². The summed E-state index contributed by atoms with van der Waals surface area (Å²) in [7, 11) is -2.04. The second-order valence-electron chi connectivity index (χ2n) is 5.09. The molecule has 2 heterocycles. The average molecular weight is 360 g/mol. The zero-order valence-electron chi connectivity index (χ0n) is 13.0. The van der Waals surface area contributed by atoms with Crippen molar-refractivity contribution in [2.24, 2.45) is 0 Å². The molecule has 0 spiro atoms. The molecule has 1 N–H and O–H groups in total. The average Bonchev–Trinajstić information content (AvgIpc) is 3.15. The minimum Gasteiger partial charge on any atom is -0.497 e. The summed E-state index contributed by atoms with van der Waals surface area (Å²) in [5, 5.41) is 4.02. The summed E-state index contributed by atoms with van der Waals surface area (Å²) in [5.74, 6) is 0.613. The largest absolute Gasteiger partial charge is 0.497 e. The molecular formula is C17H16N2O3S2. The number of ether oxygens (including phenoxy) is 1. The first-order chi connectivity index (χ1) is 11.6. The highest BCUT2D eigenvalue weighted by molar-refractivity contribution is 7.89. The predicted molar refractivity (Wildman–Crippen MR) is 94.6 cm³/mol. The number of pyridine rings is 1. The fourth-order valence-corrected chi connectivity index (χ4v) is 3.87. The van der Waals surface area contributed by atoms with Crippen molar-refractivity contribution in [1.29, 1.82) is 0 Å². The van der Waals surface area contributed by atoms with Crippen molar-refractivity contribution < 1.29 is 13.2 Å². The topological polar surface area (TPSA) is 68.3 Å². The normalized spacial score (nSPS) is 11.4. The Morgan fingerprint density at radius 2 is 1.92 bits per heavy atom. The van der Waals surface area contributed by atoms with Crippen LogP contribution < -0.4 is 9.46 Å². The fraction of sp³-hybridized carbons (Fsp3) is 0.118. The lowest BCUT2D eigenvalue weighted by molar-refractivity contribution is 0.414. The van der Waals surface area contributed by atoms with Crippen LogP contribution >= 0.6 is 11.3 Å². The van der Waals surface area contributed by atoms with Crippen LogP contribution in [0.1, 0.15) is 5.56 Å². The number of aromatic nitrogens is 1. The van der Waals surface area contributed by atoms with Crippen molar-refractivity contribution in [1.82, 2.24) is 9.71 Å². The SMILES string of the molecule is COc1ccc(S(=O)(=O)NCc2cncc(-c3ccsc3)c2)cc1. The minimum absolute atomic E-state index is 0.180. The van der Waals surface area contributed by atoms with Gasteiger partial charge in [-0.05, 0) is 58.3 Å². The maximum atomic E-state index is 12.3. The third-order valence-electron chi connectivity index (χ3n) is 3.49. The number of hydrogen-bond acceptors (Lipinski definition) is 5. The Balaban J connectivity index is 1.73.